The van der Waals surface area contributed by atoms with Crippen molar-refractivity contribution in [1.82, 2.24) is 14.7 Å². The molecule has 2 aliphatic rings. The Morgan fingerprint density at radius 3 is 2.84 bits per heavy atom. The van der Waals surface area contributed by atoms with Crippen LogP contribution in [0.5, 0.6) is 0 Å². The molecule has 3 rings (SSSR count). The third-order valence-corrected chi connectivity index (χ3v) is 4.95. The van der Waals surface area contributed by atoms with E-state index in [4.69, 9.17) is 0 Å². The molecule has 1 aromatic rings. The number of carbonyl (C=O) groups is 1. The highest BCUT2D eigenvalue weighted by Gasteiger charge is 2.39. The van der Waals surface area contributed by atoms with Crippen molar-refractivity contribution in [3.05, 3.63) is 18.0 Å². The number of rotatable bonds is 1. The van der Waals surface area contributed by atoms with E-state index >= 15 is 0 Å². The van der Waals surface area contributed by atoms with Gasteiger partial charge in [0.05, 0.1) is 11.8 Å². The molecule has 1 aliphatic carbocycles. The molecule has 0 radical (unpaired) electrons. The molecule has 0 bridgehead atoms. The largest absolute Gasteiger partial charge is 0.335 e. The van der Waals surface area contributed by atoms with Crippen LogP contribution in [0.3, 0.4) is 0 Å². The van der Waals surface area contributed by atoms with Gasteiger partial charge in [-0.2, -0.15) is 5.10 Å². The Balaban J connectivity index is 1.81. The monoisotopic (exact) mass is 261 g/mol. The predicted molar refractivity (Wildman–Crippen MR) is 73.8 cm³/mol. The number of hydrogen-bond donors (Lipinski definition) is 0. The van der Waals surface area contributed by atoms with Crippen LogP contribution in [-0.2, 0) is 7.05 Å². The summed E-state index contributed by atoms with van der Waals surface area (Å²) in [6, 6.07) is 0.463. The average Bonchev–Trinajstić information content (AvgIpc) is 2.86. The number of aryl methyl sites for hydroxylation is 1. The summed E-state index contributed by atoms with van der Waals surface area (Å²) >= 11 is 0. The maximum absolute atomic E-state index is 12.6. The van der Waals surface area contributed by atoms with Crippen LogP contribution in [0.4, 0.5) is 0 Å². The van der Waals surface area contributed by atoms with Crippen LogP contribution in [-0.4, -0.2) is 33.2 Å². The Labute approximate surface area is 114 Å². The number of amides is 1. The summed E-state index contributed by atoms with van der Waals surface area (Å²) in [6.45, 7) is 3.27. The lowest BCUT2D eigenvalue weighted by molar-refractivity contribution is 0.0217. The van der Waals surface area contributed by atoms with Crippen molar-refractivity contribution in [2.24, 2.45) is 18.9 Å². The van der Waals surface area contributed by atoms with Crippen LogP contribution < -0.4 is 0 Å². The van der Waals surface area contributed by atoms with Gasteiger partial charge in [0.15, 0.2) is 0 Å². The minimum absolute atomic E-state index is 0.178. The van der Waals surface area contributed by atoms with Gasteiger partial charge in [0, 0.05) is 25.8 Å². The molecule has 4 heteroatoms. The third-order valence-electron chi connectivity index (χ3n) is 4.95. The molecule has 3 atom stereocenters. The van der Waals surface area contributed by atoms with Crippen molar-refractivity contribution in [1.29, 1.82) is 0 Å². The lowest BCUT2D eigenvalue weighted by atomic mass is 9.72. The Hall–Kier alpha value is -1.32. The first-order valence-electron chi connectivity index (χ1n) is 7.46. The van der Waals surface area contributed by atoms with Gasteiger partial charge in [-0.15, -0.1) is 0 Å². The predicted octanol–water partition coefficient (Wildman–Crippen LogP) is 2.46. The zero-order valence-electron chi connectivity index (χ0n) is 11.9. The highest BCUT2D eigenvalue weighted by atomic mass is 16.2. The number of likely N-dealkylation sites (tertiary alicyclic amines) is 1. The van der Waals surface area contributed by atoms with Crippen LogP contribution in [0, 0.1) is 11.8 Å². The van der Waals surface area contributed by atoms with Crippen molar-refractivity contribution < 1.29 is 4.79 Å². The fourth-order valence-corrected chi connectivity index (χ4v) is 3.86. The van der Waals surface area contributed by atoms with Crippen molar-refractivity contribution in [2.45, 2.75) is 45.1 Å². The Kier molecular flexibility index (Phi) is 3.33. The van der Waals surface area contributed by atoms with Crippen LogP contribution >= 0.6 is 0 Å². The fraction of sp³-hybridized carbons (Fsp3) is 0.733. The molecule has 0 aromatic carbocycles. The minimum atomic E-state index is 0.178. The van der Waals surface area contributed by atoms with Gasteiger partial charge in [0.1, 0.15) is 0 Å². The molecule has 104 valence electrons. The van der Waals surface area contributed by atoms with E-state index in [1.165, 1.54) is 25.7 Å². The molecule has 2 fully saturated rings. The van der Waals surface area contributed by atoms with Gasteiger partial charge in [0.2, 0.25) is 0 Å². The average molecular weight is 261 g/mol. The maximum atomic E-state index is 12.6. The van der Waals surface area contributed by atoms with Crippen molar-refractivity contribution in [2.75, 3.05) is 6.54 Å². The molecule has 1 saturated carbocycles. The molecule has 0 unspecified atom stereocenters. The quantitative estimate of drug-likeness (QED) is 0.779. The van der Waals surface area contributed by atoms with Gasteiger partial charge in [-0.05, 0) is 31.1 Å². The summed E-state index contributed by atoms with van der Waals surface area (Å²) in [6.07, 6.45) is 9.75. The second-order valence-corrected chi connectivity index (χ2v) is 6.18. The molecule has 1 aliphatic heterocycles. The maximum Gasteiger partial charge on any atom is 0.257 e. The Bertz CT molecular complexity index is 468. The van der Waals surface area contributed by atoms with Gasteiger partial charge < -0.3 is 4.90 Å². The number of carbonyl (C=O) groups excluding carboxylic acids is 1. The van der Waals surface area contributed by atoms with Gasteiger partial charge in [-0.1, -0.05) is 19.8 Å². The molecular weight excluding hydrogens is 238 g/mol. The van der Waals surface area contributed by atoms with Crippen molar-refractivity contribution in [3.8, 4) is 0 Å². The van der Waals surface area contributed by atoms with E-state index in [1.54, 1.807) is 10.9 Å². The highest BCUT2D eigenvalue weighted by molar-refractivity contribution is 5.94. The normalized spacial score (nSPS) is 31.1. The summed E-state index contributed by atoms with van der Waals surface area (Å²) in [4.78, 5) is 14.8. The fourth-order valence-electron chi connectivity index (χ4n) is 3.86. The first-order valence-corrected chi connectivity index (χ1v) is 7.46. The second kappa shape index (κ2) is 4.99. The van der Waals surface area contributed by atoms with E-state index in [0.29, 0.717) is 12.0 Å². The van der Waals surface area contributed by atoms with E-state index in [1.807, 2.05) is 13.2 Å². The molecule has 19 heavy (non-hydrogen) atoms. The van der Waals surface area contributed by atoms with Gasteiger partial charge in [-0.25, -0.2) is 0 Å². The zero-order valence-corrected chi connectivity index (χ0v) is 11.9. The van der Waals surface area contributed by atoms with Gasteiger partial charge in [0.25, 0.3) is 5.91 Å². The third kappa shape index (κ3) is 2.28. The van der Waals surface area contributed by atoms with Crippen molar-refractivity contribution in [3.63, 3.8) is 0 Å². The summed E-state index contributed by atoms with van der Waals surface area (Å²) in [7, 11) is 1.86. The SMILES string of the molecule is C[C@@H]1CCN(C(=O)c2cnn(C)c2)[C@@H]2CCCC[C@@H]12. The standard InChI is InChI=1S/C15H23N3O/c1-11-7-8-18(14-6-4-3-5-13(11)14)15(19)12-9-16-17(2)10-12/h9-11,13-14H,3-8H2,1-2H3/t11-,13+,14-/m1/s1. The van der Waals surface area contributed by atoms with Gasteiger partial charge in [-0.3, -0.25) is 9.48 Å². The summed E-state index contributed by atoms with van der Waals surface area (Å²) in [5.41, 5.74) is 0.737. The lowest BCUT2D eigenvalue weighted by Crippen LogP contribution is -2.52. The molecule has 1 aromatic heterocycles. The van der Waals surface area contributed by atoms with E-state index in [0.717, 1.165) is 24.4 Å². The van der Waals surface area contributed by atoms with Crippen LogP contribution in [0.25, 0.3) is 0 Å². The first kappa shape index (κ1) is 12.7. The van der Waals surface area contributed by atoms with Gasteiger partial charge >= 0.3 is 0 Å². The van der Waals surface area contributed by atoms with Crippen molar-refractivity contribution >= 4 is 5.91 Å². The Morgan fingerprint density at radius 2 is 2.11 bits per heavy atom. The summed E-state index contributed by atoms with van der Waals surface area (Å²) in [5.74, 6) is 1.66. The number of piperidine rings is 1. The molecular formula is C15H23N3O. The van der Waals surface area contributed by atoms with E-state index in [9.17, 15) is 4.79 Å². The van der Waals surface area contributed by atoms with E-state index < -0.39 is 0 Å². The lowest BCUT2D eigenvalue weighted by Gasteiger charge is -2.47. The number of aromatic nitrogens is 2. The molecule has 1 amide bonds. The zero-order chi connectivity index (χ0) is 13.4. The summed E-state index contributed by atoms with van der Waals surface area (Å²) in [5, 5.41) is 4.12. The first-order chi connectivity index (χ1) is 9.16. The van der Waals surface area contributed by atoms with E-state index in [-0.39, 0.29) is 5.91 Å². The molecule has 0 N–H and O–H groups in total. The van der Waals surface area contributed by atoms with Crippen LogP contribution in [0.15, 0.2) is 12.4 Å². The smallest absolute Gasteiger partial charge is 0.257 e. The second-order valence-electron chi connectivity index (χ2n) is 6.18. The molecule has 2 heterocycles. The van der Waals surface area contributed by atoms with E-state index in [2.05, 4.69) is 16.9 Å². The highest BCUT2D eigenvalue weighted by Crippen LogP contribution is 2.39. The topological polar surface area (TPSA) is 38.1 Å². The molecule has 0 spiro atoms. The molecule has 1 saturated heterocycles. The number of nitrogens with zero attached hydrogens (tertiary/aromatic N) is 3. The molecule has 4 nitrogen and oxygen atoms in total. The number of hydrogen-bond acceptors (Lipinski definition) is 2. The minimum Gasteiger partial charge on any atom is -0.335 e. The van der Waals surface area contributed by atoms with Crippen LogP contribution in [0.1, 0.15) is 49.4 Å². The summed E-state index contributed by atoms with van der Waals surface area (Å²) < 4.78 is 1.71. The Morgan fingerprint density at radius 1 is 1.32 bits per heavy atom. The van der Waals surface area contributed by atoms with Crippen LogP contribution in [0.2, 0.25) is 0 Å². The number of fused-ring (bicyclic) bond motifs is 1.